The van der Waals surface area contributed by atoms with E-state index in [1.165, 1.54) is 23.5 Å². The quantitative estimate of drug-likeness (QED) is 0.143. The molecule has 13 nitrogen and oxygen atoms in total. The van der Waals surface area contributed by atoms with E-state index in [2.05, 4.69) is 45.1 Å². The normalized spacial score (nSPS) is 16.3. The van der Waals surface area contributed by atoms with E-state index in [4.69, 9.17) is 4.74 Å². The van der Waals surface area contributed by atoms with E-state index in [-0.39, 0.29) is 10.6 Å². The molecule has 0 spiro atoms. The SMILES string of the molecule is C=C1Cc2cc(S(=O)(=O)N3CCOCC3)ccc2N1.C=C1Cc2cc(S(=O)(=O)NC)ccc2N1.C=C1Cc2cc(S(=O)(=O)Nc3ccc(C(F)(F)F)cc3)ccc2N1. The van der Waals surface area contributed by atoms with Crippen LogP contribution >= 0.6 is 0 Å². The summed E-state index contributed by atoms with van der Waals surface area (Å²) in [6, 6.07) is 18.6. The molecule has 0 unspecified atom stereocenters. The van der Waals surface area contributed by atoms with Crippen LogP contribution in [0.4, 0.5) is 35.9 Å². The Kier molecular flexibility index (Phi) is 12.1. The van der Waals surface area contributed by atoms with Gasteiger partial charge in [-0.05, 0) is 103 Å². The van der Waals surface area contributed by atoms with Crippen molar-refractivity contribution in [3.63, 3.8) is 0 Å². The number of nitrogens with zero attached hydrogens (tertiary/aromatic N) is 1. The largest absolute Gasteiger partial charge is 0.416 e. The average Bonchev–Trinajstić information content (AvgIpc) is 3.87. The van der Waals surface area contributed by atoms with Crippen LogP contribution in [0.3, 0.4) is 0 Å². The molecule has 4 heterocycles. The Morgan fingerprint density at radius 1 is 0.621 bits per heavy atom. The van der Waals surface area contributed by atoms with Crippen molar-refractivity contribution in [3.05, 3.63) is 138 Å². The smallest absolute Gasteiger partial charge is 0.379 e. The fraction of sp³-hybridized carbons (Fsp3) is 0.231. The zero-order valence-electron chi connectivity index (χ0n) is 31.2. The molecule has 0 aromatic heterocycles. The van der Waals surface area contributed by atoms with Gasteiger partial charge in [0.2, 0.25) is 20.0 Å². The van der Waals surface area contributed by atoms with Crippen LogP contribution in [-0.2, 0) is 60.2 Å². The second-order valence-corrected chi connectivity index (χ2v) is 19.1. The van der Waals surface area contributed by atoms with Gasteiger partial charge in [0.05, 0.1) is 33.5 Å². The lowest BCUT2D eigenvalue weighted by atomic mass is 10.1. The number of halogens is 3. The summed E-state index contributed by atoms with van der Waals surface area (Å²) in [7, 11) is -9.24. The fourth-order valence-corrected chi connectivity index (χ4v) is 9.75. The molecule has 4 aromatic carbocycles. The molecule has 4 aliphatic heterocycles. The van der Waals surface area contributed by atoms with Gasteiger partial charge < -0.3 is 20.7 Å². The Labute approximate surface area is 335 Å². The third-order valence-corrected chi connectivity index (χ3v) is 14.0. The van der Waals surface area contributed by atoms with Crippen molar-refractivity contribution >= 4 is 52.8 Å². The van der Waals surface area contributed by atoms with Crippen molar-refractivity contribution in [1.82, 2.24) is 9.03 Å². The molecule has 58 heavy (non-hydrogen) atoms. The summed E-state index contributed by atoms with van der Waals surface area (Å²) >= 11 is 0. The van der Waals surface area contributed by atoms with E-state index in [0.29, 0.717) is 55.4 Å². The first-order chi connectivity index (χ1) is 27.2. The fourth-order valence-electron chi connectivity index (χ4n) is 6.40. The van der Waals surface area contributed by atoms with Crippen LogP contribution in [0.25, 0.3) is 0 Å². The van der Waals surface area contributed by atoms with Crippen molar-refractivity contribution in [3.8, 4) is 0 Å². The van der Waals surface area contributed by atoms with E-state index in [0.717, 1.165) is 75.1 Å². The van der Waals surface area contributed by atoms with E-state index in [1.807, 2.05) is 0 Å². The number of sulfonamides is 3. The van der Waals surface area contributed by atoms with Crippen molar-refractivity contribution < 1.29 is 43.2 Å². The zero-order valence-corrected chi connectivity index (χ0v) is 33.7. The summed E-state index contributed by atoms with van der Waals surface area (Å²) in [5.74, 6) is 0. The Bertz CT molecular complexity index is 2610. The maximum atomic E-state index is 12.5. The van der Waals surface area contributed by atoms with E-state index >= 15 is 0 Å². The average molecular weight is 859 g/mol. The first-order valence-electron chi connectivity index (χ1n) is 17.7. The van der Waals surface area contributed by atoms with E-state index in [1.54, 1.807) is 42.5 Å². The van der Waals surface area contributed by atoms with E-state index < -0.39 is 41.8 Å². The molecule has 4 aromatic rings. The third-order valence-electron chi connectivity index (χ3n) is 9.34. The minimum absolute atomic E-state index is 0.0395. The number of fused-ring (bicyclic) bond motifs is 3. The number of rotatable bonds is 7. The third kappa shape index (κ3) is 9.74. The van der Waals surface area contributed by atoms with Crippen LogP contribution in [0.2, 0.25) is 0 Å². The molecule has 1 fully saturated rings. The number of morpholine rings is 1. The van der Waals surface area contributed by atoms with Gasteiger partial charge >= 0.3 is 6.18 Å². The molecule has 308 valence electrons. The standard InChI is InChI=1S/C16H13F3N2O2S.C13H16N2O3S.C10H12N2O2S/c1-10-8-11-9-14(6-7-15(11)20-10)24(22,23)21-13-4-2-12(3-5-13)16(17,18)19;1-10-8-11-9-12(2-3-13(11)14-10)19(16,17)15-4-6-18-7-5-15;1-7-5-8-6-9(15(13,14)11-2)3-4-10(8)12-7/h2-7,9,20-21H,1,8H2;2-3,9,14H,1,4-8H2;3-4,6,11-12H,1,5H2,2H3. The molecule has 4 aliphatic rings. The van der Waals surface area contributed by atoms with Crippen molar-refractivity contribution in [2.75, 3.05) is 54.0 Å². The maximum absolute atomic E-state index is 12.5. The number of ether oxygens (including phenoxy) is 1. The Hall–Kier alpha value is -5.18. The summed E-state index contributed by atoms with van der Waals surface area (Å²) in [6.07, 6.45) is -2.57. The summed E-state index contributed by atoms with van der Waals surface area (Å²) in [4.78, 5) is 0.683. The second kappa shape index (κ2) is 16.6. The highest BCUT2D eigenvalue weighted by molar-refractivity contribution is 7.92. The molecule has 0 radical (unpaired) electrons. The van der Waals surface area contributed by atoms with Gasteiger partial charge in [0.25, 0.3) is 10.0 Å². The van der Waals surface area contributed by atoms with Crippen molar-refractivity contribution in [2.45, 2.75) is 40.1 Å². The van der Waals surface area contributed by atoms with Gasteiger partial charge in [0.1, 0.15) is 0 Å². The van der Waals surface area contributed by atoms with Gasteiger partial charge in [-0.2, -0.15) is 17.5 Å². The lowest BCUT2D eigenvalue weighted by Crippen LogP contribution is -2.40. The Balaban J connectivity index is 0.000000151. The molecule has 0 bridgehead atoms. The van der Waals surface area contributed by atoms with Crippen LogP contribution in [0.1, 0.15) is 22.3 Å². The molecular weight excluding hydrogens is 818 g/mol. The molecule has 5 N–H and O–H groups in total. The Morgan fingerprint density at radius 3 is 1.47 bits per heavy atom. The predicted octanol–water partition coefficient (Wildman–Crippen LogP) is 6.25. The van der Waals surface area contributed by atoms with Crippen LogP contribution in [-0.4, -0.2) is 62.9 Å². The minimum atomic E-state index is -4.47. The monoisotopic (exact) mass is 858 g/mol. The number of allylic oxidation sites excluding steroid dienone is 3. The lowest BCUT2D eigenvalue weighted by molar-refractivity contribution is -0.137. The molecule has 0 saturated carbocycles. The second-order valence-electron chi connectivity index (χ2n) is 13.6. The lowest BCUT2D eigenvalue weighted by Gasteiger charge is -2.26. The molecule has 19 heteroatoms. The van der Waals surface area contributed by atoms with Crippen LogP contribution in [0.5, 0.6) is 0 Å². The molecule has 0 aliphatic carbocycles. The first-order valence-corrected chi connectivity index (χ1v) is 22.1. The van der Waals surface area contributed by atoms with Crippen molar-refractivity contribution in [2.24, 2.45) is 0 Å². The van der Waals surface area contributed by atoms with Crippen LogP contribution < -0.4 is 25.4 Å². The topological polar surface area (TPSA) is 175 Å². The van der Waals surface area contributed by atoms with Gasteiger partial charge in [0, 0.05) is 72.2 Å². The molecular formula is C39H41F3N6O7S3. The molecule has 0 atom stereocenters. The number of nitrogens with one attached hydrogen (secondary N) is 5. The predicted molar refractivity (Wildman–Crippen MR) is 217 cm³/mol. The molecule has 8 rings (SSSR count). The number of hydrogen-bond acceptors (Lipinski definition) is 10. The van der Waals surface area contributed by atoms with Gasteiger partial charge in [-0.25, -0.2) is 30.0 Å². The summed E-state index contributed by atoms with van der Waals surface area (Å²) in [5.41, 5.74) is 7.23. The highest BCUT2D eigenvalue weighted by Gasteiger charge is 2.31. The highest BCUT2D eigenvalue weighted by atomic mass is 32.2. The highest BCUT2D eigenvalue weighted by Crippen LogP contribution is 2.33. The van der Waals surface area contributed by atoms with Gasteiger partial charge in [-0.1, -0.05) is 19.7 Å². The van der Waals surface area contributed by atoms with Gasteiger partial charge in [-0.15, -0.1) is 0 Å². The summed E-state index contributed by atoms with van der Waals surface area (Å²) in [5, 5.41) is 9.25. The summed E-state index contributed by atoms with van der Waals surface area (Å²) < 4.78 is 122. The van der Waals surface area contributed by atoms with Crippen molar-refractivity contribution in [1.29, 1.82) is 0 Å². The molecule has 0 amide bonds. The van der Waals surface area contributed by atoms with Gasteiger partial charge in [-0.3, -0.25) is 4.72 Å². The van der Waals surface area contributed by atoms with Crippen LogP contribution in [0, 0.1) is 0 Å². The zero-order chi connectivity index (χ0) is 42.0. The van der Waals surface area contributed by atoms with Crippen LogP contribution in [0.15, 0.2) is 130 Å². The number of anilines is 4. The number of hydrogen-bond donors (Lipinski definition) is 5. The first kappa shape index (κ1) is 42.4. The number of benzene rings is 4. The summed E-state index contributed by atoms with van der Waals surface area (Å²) in [6.45, 7) is 13.2. The minimum Gasteiger partial charge on any atom is -0.379 e. The van der Waals surface area contributed by atoms with Gasteiger partial charge in [0.15, 0.2) is 0 Å². The number of alkyl halides is 3. The maximum Gasteiger partial charge on any atom is 0.416 e. The Morgan fingerprint density at radius 2 is 1.03 bits per heavy atom. The molecule has 1 saturated heterocycles. The van der Waals surface area contributed by atoms with E-state index in [9.17, 15) is 38.4 Å².